The van der Waals surface area contributed by atoms with Crippen molar-refractivity contribution in [2.45, 2.75) is 13.3 Å². The van der Waals surface area contributed by atoms with Crippen molar-refractivity contribution in [3.8, 4) is 0 Å². The Kier molecular flexibility index (Phi) is 3.82. The second-order valence-corrected chi connectivity index (χ2v) is 5.03. The van der Waals surface area contributed by atoms with Gasteiger partial charge in [-0.15, -0.1) is 0 Å². The number of nitrogens with two attached hydrogens (primary N) is 1. The number of hydrogen-bond acceptors (Lipinski definition) is 2. The predicted octanol–water partition coefficient (Wildman–Crippen LogP) is 3.82. The highest BCUT2D eigenvalue weighted by atomic mass is 79.9. The number of nitrogen functional groups attached to an aromatic ring is 1. The van der Waals surface area contributed by atoms with Crippen LogP contribution in [-0.2, 0) is 6.42 Å². The highest BCUT2D eigenvalue weighted by molar-refractivity contribution is 9.10. The molecule has 2 rings (SSSR count). The second-order valence-electron chi connectivity index (χ2n) is 4.11. The van der Waals surface area contributed by atoms with Crippen LogP contribution in [0, 0.1) is 0 Å². The SMILES string of the molecule is CCc1ccc(C(=O)c2ccc(Br)cc2N)cc1. The van der Waals surface area contributed by atoms with Crippen LogP contribution in [0.3, 0.4) is 0 Å². The molecule has 2 N–H and O–H groups in total. The van der Waals surface area contributed by atoms with Crippen LogP contribution in [-0.4, -0.2) is 5.78 Å². The van der Waals surface area contributed by atoms with Gasteiger partial charge >= 0.3 is 0 Å². The molecular formula is C15H14BrNO. The van der Waals surface area contributed by atoms with E-state index in [9.17, 15) is 4.79 Å². The molecule has 0 saturated heterocycles. The molecule has 0 radical (unpaired) electrons. The molecule has 2 aromatic carbocycles. The topological polar surface area (TPSA) is 43.1 Å². The fraction of sp³-hybridized carbons (Fsp3) is 0.133. The number of ketones is 1. The van der Waals surface area contributed by atoms with Crippen LogP contribution in [0.2, 0.25) is 0 Å². The summed E-state index contributed by atoms with van der Waals surface area (Å²) in [6.07, 6.45) is 0.967. The van der Waals surface area contributed by atoms with E-state index >= 15 is 0 Å². The molecule has 0 fully saturated rings. The maximum absolute atomic E-state index is 12.3. The lowest BCUT2D eigenvalue weighted by molar-refractivity contribution is 0.103. The molecule has 0 unspecified atom stereocenters. The molecule has 18 heavy (non-hydrogen) atoms. The van der Waals surface area contributed by atoms with E-state index in [1.165, 1.54) is 5.56 Å². The van der Waals surface area contributed by atoms with Gasteiger partial charge in [0.25, 0.3) is 0 Å². The molecule has 0 amide bonds. The van der Waals surface area contributed by atoms with Gasteiger partial charge in [0.15, 0.2) is 5.78 Å². The van der Waals surface area contributed by atoms with Crippen molar-refractivity contribution in [1.82, 2.24) is 0 Å². The Labute approximate surface area is 115 Å². The Hall–Kier alpha value is -1.61. The summed E-state index contributed by atoms with van der Waals surface area (Å²) in [6, 6.07) is 13.0. The number of carbonyl (C=O) groups is 1. The lowest BCUT2D eigenvalue weighted by Crippen LogP contribution is -2.05. The third-order valence-corrected chi connectivity index (χ3v) is 3.38. The molecule has 0 heterocycles. The largest absolute Gasteiger partial charge is 0.398 e. The normalized spacial score (nSPS) is 10.3. The van der Waals surface area contributed by atoms with E-state index < -0.39 is 0 Å². The second kappa shape index (κ2) is 5.36. The van der Waals surface area contributed by atoms with Crippen LogP contribution in [0.1, 0.15) is 28.4 Å². The van der Waals surface area contributed by atoms with Crippen LogP contribution in [0.15, 0.2) is 46.9 Å². The van der Waals surface area contributed by atoms with Crippen molar-refractivity contribution >= 4 is 27.4 Å². The Morgan fingerprint density at radius 3 is 2.39 bits per heavy atom. The molecule has 0 aliphatic rings. The summed E-state index contributed by atoms with van der Waals surface area (Å²) in [5.41, 5.74) is 8.79. The first-order valence-electron chi connectivity index (χ1n) is 5.80. The summed E-state index contributed by atoms with van der Waals surface area (Å²) in [4.78, 5) is 12.3. The summed E-state index contributed by atoms with van der Waals surface area (Å²) >= 11 is 3.33. The van der Waals surface area contributed by atoms with Crippen molar-refractivity contribution in [2.75, 3.05) is 5.73 Å². The van der Waals surface area contributed by atoms with Gasteiger partial charge in [0.1, 0.15) is 0 Å². The monoisotopic (exact) mass is 303 g/mol. The van der Waals surface area contributed by atoms with E-state index in [2.05, 4.69) is 22.9 Å². The quantitative estimate of drug-likeness (QED) is 0.692. The molecule has 0 aliphatic heterocycles. The third kappa shape index (κ3) is 2.62. The number of benzene rings is 2. The Morgan fingerprint density at radius 1 is 1.17 bits per heavy atom. The molecule has 92 valence electrons. The van der Waals surface area contributed by atoms with Gasteiger partial charge in [-0.05, 0) is 30.2 Å². The highest BCUT2D eigenvalue weighted by Gasteiger charge is 2.12. The summed E-state index contributed by atoms with van der Waals surface area (Å²) < 4.78 is 0.873. The summed E-state index contributed by atoms with van der Waals surface area (Å²) in [6.45, 7) is 2.09. The highest BCUT2D eigenvalue weighted by Crippen LogP contribution is 2.21. The summed E-state index contributed by atoms with van der Waals surface area (Å²) in [7, 11) is 0. The van der Waals surface area contributed by atoms with Crippen molar-refractivity contribution in [3.05, 3.63) is 63.6 Å². The lowest BCUT2D eigenvalue weighted by atomic mass is 10.0. The van der Waals surface area contributed by atoms with Crippen molar-refractivity contribution in [2.24, 2.45) is 0 Å². The number of anilines is 1. The van der Waals surface area contributed by atoms with Crippen LogP contribution >= 0.6 is 15.9 Å². The zero-order chi connectivity index (χ0) is 13.1. The van der Waals surface area contributed by atoms with Crippen molar-refractivity contribution in [1.29, 1.82) is 0 Å². The average Bonchev–Trinajstić information content (AvgIpc) is 2.38. The van der Waals surface area contributed by atoms with Gasteiger partial charge in [0, 0.05) is 21.3 Å². The standard InChI is InChI=1S/C15H14BrNO/c1-2-10-3-5-11(6-4-10)15(18)13-8-7-12(16)9-14(13)17/h3-9H,2,17H2,1H3. The minimum Gasteiger partial charge on any atom is -0.398 e. The Balaban J connectivity index is 2.35. The van der Waals surface area contributed by atoms with Gasteiger partial charge in [-0.25, -0.2) is 0 Å². The number of halogens is 1. The molecule has 0 spiro atoms. The van der Waals surface area contributed by atoms with Crippen LogP contribution in [0.5, 0.6) is 0 Å². The maximum Gasteiger partial charge on any atom is 0.195 e. The molecule has 0 saturated carbocycles. The third-order valence-electron chi connectivity index (χ3n) is 2.88. The number of aryl methyl sites for hydroxylation is 1. The average molecular weight is 304 g/mol. The Morgan fingerprint density at radius 2 is 1.83 bits per heavy atom. The Bertz CT molecular complexity index is 576. The molecule has 0 aromatic heterocycles. The fourth-order valence-corrected chi connectivity index (χ4v) is 2.17. The van der Waals surface area contributed by atoms with Gasteiger partial charge in [0.2, 0.25) is 0 Å². The van der Waals surface area contributed by atoms with E-state index in [0.29, 0.717) is 16.8 Å². The van der Waals surface area contributed by atoms with Crippen LogP contribution in [0.25, 0.3) is 0 Å². The number of hydrogen-bond donors (Lipinski definition) is 1. The maximum atomic E-state index is 12.3. The van der Waals surface area contributed by atoms with Gasteiger partial charge in [0.05, 0.1) is 0 Å². The summed E-state index contributed by atoms with van der Waals surface area (Å²) in [5, 5.41) is 0. The summed E-state index contributed by atoms with van der Waals surface area (Å²) in [5.74, 6) is -0.0392. The molecule has 0 bridgehead atoms. The number of carbonyl (C=O) groups excluding carboxylic acids is 1. The smallest absolute Gasteiger partial charge is 0.195 e. The van der Waals surface area contributed by atoms with E-state index in [-0.39, 0.29) is 5.78 Å². The zero-order valence-corrected chi connectivity index (χ0v) is 11.7. The molecule has 3 heteroatoms. The fourth-order valence-electron chi connectivity index (χ4n) is 1.79. The zero-order valence-electron chi connectivity index (χ0n) is 10.1. The molecular weight excluding hydrogens is 290 g/mol. The van der Waals surface area contributed by atoms with Crippen LogP contribution < -0.4 is 5.73 Å². The van der Waals surface area contributed by atoms with E-state index in [1.54, 1.807) is 12.1 Å². The van der Waals surface area contributed by atoms with Crippen molar-refractivity contribution in [3.63, 3.8) is 0 Å². The predicted molar refractivity (Wildman–Crippen MR) is 77.8 cm³/mol. The van der Waals surface area contributed by atoms with Gasteiger partial charge in [-0.3, -0.25) is 4.79 Å². The van der Waals surface area contributed by atoms with Gasteiger partial charge in [-0.1, -0.05) is 47.1 Å². The first kappa shape index (κ1) is 12.8. The van der Waals surface area contributed by atoms with E-state index in [4.69, 9.17) is 5.73 Å². The van der Waals surface area contributed by atoms with Gasteiger partial charge in [-0.2, -0.15) is 0 Å². The minimum absolute atomic E-state index is 0.0392. The van der Waals surface area contributed by atoms with Crippen molar-refractivity contribution < 1.29 is 4.79 Å². The van der Waals surface area contributed by atoms with Crippen LogP contribution in [0.4, 0.5) is 5.69 Å². The molecule has 2 nitrogen and oxygen atoms in total. The minimum atomic E-state index is -0.0392. The van der Waals surface area contributed by atoms with Gasteiger partial charge < -0.3 is 5.73 Å². The molecule has 0 aliphatic carbocycles. The molecule has 2 aromatic rings. The lowest BCUT2D eigenvalue weighted by Gasteiger charge is -2.06. The first-order valence-corrected chi connectivity index (χ1v) is 6.59. The van der Waals surface area contributed by atoms with E-state index in [1.807, 2.05) is 30.3 Å². The first-order chi connectivity index (χ1) is 8.61. The number of rotatable bonds is 3. The molecule has 0 atom stereocenters. The van der Waals surface area contributed by atoms with E-state index in [0.717, 1.165) is 10.9 Å².